The third kappa shape index (κ3) is 7.89. The standard InChI is InChI=1S/C32H44F4O2/c1-5-7-20-38-28-19-18-27(31(35)32(28)36)26-16-14-25(15-17-26)24-12-10-23(11-13-24)9-8-21(3)29(33)30(34)22(4)37-6-2/h18-19,23-26H,3-17,20H2,1-2H3/b30-29-. The summed E-state index contributed by atoms with van der Waals surface area (Å²) in [5.74, 6) is -2.11. The predicted octanol–water partition coefficient (Wildman–Crippen LogP) is 10.3. The van der Waals surface area contributed by atoms with Crippen LogP contribution in [0.5, 0.6) is 5.75 Å². The molecule has 1 aromatic carbocycles. The molecule has 212 valence electrons. The maximum atomic E-state index is 14.8. The minimum absolute atomic E-state index is 0.00795. The summed E-state index contributed by atoms with van der Waals surface area (Å²) >= 11 is 0. The van der Waals surface area contributed by atoms with Crippen LogP contribution in [0.3, 0.4) is 0 Å². The van der Waals surface area contributed by atoms with Crippen LogP contribution in [0.4, 0.5) is 17.6 Å². The molecule has 6 heteroatoms. The molecule has 0 aromatic heterocycles. The van der Waals surface area contributed by atoms with E-state index < -0.39 is 23.3 Å². The van der Waals surface area contributed by atoms with Gasteiger partial charge < -0.3 is 9.47 Å². The monoisotopic (exact) mass is 536 g/mol. The molecular weight excluding hydrogens is 492 g/mol. The first-order valence-electron chi connectivity index (χ1n) is 14.4. The minimum atomic E-state index is -1.06. The third-order valence-corrected chi connectivity index (χ3v) is 8.52. The van der Waals surface area contributed by atoms with Crippen molar-refractivity contribution < 1.29 is 27.0 Å². The summed E-state index contributed by atoms with van der Waals surface area (Å²) in [5.41, 5.74) is 0.642. The summed E-state index contributed by atoms with van der Waals surface area (Å²) in [4.78, 5) is 0. The highest BCUT2D eigenvalue weighted by molar-refractivity contribution is 5.34. The number of allylic oxidation sites excluding steroid dienone is 3. The Morgan fingerprint density at radius 3 is 2.11 bits per heavy atom. The fraction of sp³-hybridized carbons (Fsp3) is 0.625. The second-order valence-corrected chi connectivity index (χ2v) is 11.0. The molecule has 2 fully saturated rings. The predicted molar refractivity (Wildman–Crippen MR) is 145 cm³/mol. The second kappa shape index (κ2) is 14.8. The van der Waals surface area contributed by atoms with Crippen LogP contribution < -0.4 is 4.74 Å². The van der Waals surface area contributed by atoms with Gasteiger partial charge in [0.1, 0.15) is 0 Å². The smallest absolute Gasteiger partial charge is 0.200 e. The Bertz CT molecular complexity index is 970. The Kier molecular flexibility index (Phi) is 11.8. The van der Waals surface area contributed by atoms with Gasteiger partial charge in [-0.2, -0.15) is 8.78 Å². The Balaban J connectivity index is 1.43. The summed E-state index contributed by atoms with van der Waals surface area (Å²) in [7, 11) is 0. The molecule has 0 radical (unpaired) electrons. The van der Waals surface area contributed by atoms with E-state index in [9.17, 15) is 17.6 Å². The molecule has 38 heavy (non-hydrogen) atoms. The van der Waals surface area contributed by atoms with Gasteiger partial charge in [0.25, 0.3) is 0 Å². The van der Waals surface area contributed by atoms with Crippen LogP contribution in [-0.2, 0) is 4.74 Å². The zero-order valence-corrected chi connectivity index (χ0v) is 23.1. The van der Waals surface area contributed by atoms with Crippen molar-refractivity contribution in [2.24, 2.45) is 17.8 Å². The lowest BCUT2D eigenvalue weighted by Crippen LogP contribution is -2.25. The molecule has 0 spiro atoms. The van der Waals surface area contributed by atoms with Gasteiger partial charge in [0.05, 0.1) is 13.2 Å². The van der Waals surface area contributed by atoms with Crippen LogP contribution in [0.15, 0.2) is 48.3 Å². The minimum Gasteiger partial charge on any atom is -0.491 e. The van der Waals surface area contributed by atoms with Crippen molar-refractivity contribution in [3.05, 3.63) is 65.5 Å². The molecule has 0 heterocycles. The number of hydrogen-bond acceptors (Lipinski definition) is 2. The lowest BCUT2D eigenvalue weighted by atomic mass is 9.68. The maximum absolute atomic E-state index is 14.8. The Labute approximate surface area is 226 Å². The van der Waals surface area contributed by atoms with Crippen molar-refractivity contribution in [1.29, 1.82) is 0 Å². The van der Waals surface area contributed by atoms with E-state index in [0.29, 0.717) is 36.3 Å². The molecule has 1 aromatic rings. The number of unbranched alkanes of at least 4 members (excludes halogenated alkanes) is 1. The normalized spacial score (nSPS) is 24.5. The first-order chi connectivity index (χ1) is 18.3. The van der Waals surface area contributed by atoms with Gasteiger partial charge in [-0.05, 0) is 106 Å². The largest absolute Gasteiger partial charge is 0.491 e. The quantitative estimate of drug-likeness (QED) is 0.108. The molecule has 3 rings (SSSR count). The highest BCUT2D eigenvalue weighted by atomic mass is 19.2. The number of ether oxygens (including phenoxy) is 2. The van der Waals surface area contributed by atoms with Crippen LogP contribution in [0.25, 0.3) is 0 Å². The third-order valence-electron chi connectivity index (χ3n) is 8.52. The fourth-order valence-electron chi connectivity index (χ4n) is 6.15. The number of rotatable bonds is 13. The van der Waals surface area contributed by atoms with Gasteiger partial charge in [0, 0.05) is 0 Å². The molecular formula is C32H44F4O2. The van der Waals surface area contributed by atoms with Crippen molar-refractivity contribution in [1.82, 2.24) is 0 Å². The fourth-order valence-corrected chi connectivity index (χ4v) is 6.15. The molecule has 0 amide bonds. The van der Waals surface area contributed by atoms with Crippen molar-refractivity contribution in [3.63, 3.8) is 0 Å². The summed E-state index contributed by atoms with van der Waals surface area (Å²) in [5, 5.41) is 0. The molecule has 0 bridgehead atoms. The SMILES string of the molecule is C=C(CCC1CCC(C2CCC(c3ccc(OCCCC)c(F)c3F)CC2)CC1)/C(F)=C(/F)C(=C)OCC. The summed E-state index contributed by atoms with van der Waals surface area (Å²) < 4.78 is 68.1. The summed E-state index contributed by atoms with van der Waals surface area (Å²) in [6, 6.07) is 3.29. The van der Waals surface area contributed by atoms with Crippen LogP contribution in [-0.4, -0.2) is 13.2 Å². The van der Waals surface area contributed by atoms with Crippen LogP contribution >= 0.6 is 0 Å². The van der Waals surface area contributed by atoms with Gasteiger partial charge in [-0.15, -0.1) is 0 Å². The van der Waals surface area contributed by atoms with Crippen LogP contribution in [0.1, 0.15) is 102 Å². The first kappa shape index (κ1) is 30.3. The molecule has 0 N–H and O–H groups in total. The molecule has 0 saturated heterocycles. The lowest BCUT2D eigenvalue weighted by Gasteiger charge is -2.38. The van der Waals surface area contributed by atoms with E-state index >= 15 is 0 Å². The first-order valence-corrected chi connectivity index (χ1v) is 14.4. The van der Waals surface area contributed by atoms with Gasteiger partial charge in [-0.3, -0.25) is 0 Å². The highest BCUT2D eigenvalue weighted by Gasteiger charge is 2.33. The zero-order valence-electron chi connectivity index (χ0n) is 23.1. The number of halogens is 4. The highest BCUT2D eigenvalue weighted by Crippen LogP contribution is 2.45. The molecule has 2 aliphatic carbocycles. The van der Waals surface area contributed by atoms with E-state index in [4.69, 9.17) is 9.47 Å². The van der Waals surface area contributed by atoms with Crippen molar-refractivity contribution >= 4 is 0 Å². The van der Waals surface area contributed by atoms with E-state index in [2.05, 4.69) is 13.2 Å². The van der Waals surface area contributed by atoms with E-state index in [1.54, 1.807) is 19.1 Å². The maximum Gasteiger partial charge on any atom is 0.200 e. The van der Waals surface area contributed by atoms with Gasteiger partial charge in [-0.25, -0.2) is 8.78 Å². The van der Waals surface area contributed by atoms with E-state index in [0.717, 1.165) is 70.6 Å². The topological polar surface area (TPSA) is 18.5 Å². The van der Waals surface area contributed by atoms with Crippen LogP contribution in [0.2, 0.25) is 0 Å². The van der Waals surface area contributed by atoms with E-state index in [-0.39, 0.29) is 29.6 Å². The van der Waals surface area contributed by atoms with Crippen LogP contribution in [0, 0.1) is 29.4 Å². The van der Waals surface area contributed by atoms with Gasteiger partial charge in [0.15, 0.2) is 29.0 Å². The lowest BCUT2D eigenvalue weighted by molar-refractivity contribution is 0.156. The van der Waals surface area contributed by atoms with E-state index in [1.807, 2.05) is 6.92 Å². The van der Waals surface area contributed by atoms with E-state index in [1.165, 1.54) is 0 Å². The average molecular weight is 537 g/mol. The van der Waals surface area contributed by atoms with Crippen molar-refractivity contribution in [2.45, 2.75) is 96.8 Å². The summed E-state index contributed by atoms with van der Waals surface area (Å²) in [6.45, 7) is 11.5. The van der Waals surface area contributed by atoms with Crippen molar-refractivity contribution in [3.8, 4) is 5.75 Å². The Morgan fingerprint density at radius 1 is 0.868 bits per heavy atom. The van der Waals surface area contributed by atoms with Gasteiger partial charge in [0.2, 0.25) is 5.82 Å². The zero-order chi connectivity index (χ0) is 27.7. The number of benzene rings is 1. The van der Waals surface area contributed by atoms with Gasteiger partial charge >= 0.3 is 0 Å². The van der Waals surface area contributed by atoms with Gasteiger partial charge in [-0.1, -0.05) is 45.4 Å². The Morgan fingerprint density at radius 2 is 1.50 bits per heavy atom. The van der Waals surface area contributed by atoms with Crippen molar-refractivity contribution in [2.75, 3.05) is 13.2 Å². The second-order valence-electron chi connectivity index (χ2n) is 11.0. The summed E-state index contributed by atoms with van der Waals surface area (Å²) in [6.07, 6.45) is 11.2. The molecule has 2 nitrogen and oxygen atoms in total. The molecule has 2 aliphatic rings. The molecule has 0 unspecified atom stereocenters. The molecule has 0 aliphatic heterocycles. The number of hydrogen-bond donors (Lipinski definition) is 0. The molecule has 2 saturated carbocycles. The molecule has 0 atom stereocenters. The average Bonchev–Trinajstić information content (AvgIpc) is 2.94. The Hall–Kier alpha value is -2.24.